The normalized spacial score (nSPS) is 20.0. The quantitative estimate of drug-likeness (QED) is 0.852. The van der Waals surface area contributed by atoms with Crippen molar-refractivity contribution in [2.24, 2.45) is 5.73 Å². The zero-order valence-corrected chi connectivity index (χ0v) is 12.0. The Morgan fingerprint density at radius 2 is 2.28 bits per heavy atom. The van der Waals surface area contributed by atoms with Gasteiger partial charge < -0.3 is 5.73 Å². The Morgan fingerprint density at radius 3 is 2.89 bits per heavy atom. The predicted octanol–water partition coefficient (Wildman–Crippen LogP) is 3.10. The molecule has 0 saturated heterocycles. The Kier molecular flexibility index (Phi) is 4.46. The summed E-state index contributed by atoms with van der Waals surface area (Å²) in [5.41, 5.74) is 9.56. The molecule has 2 N–H and O–H groups in total. The van der Waals surface area contributed by atoms with Crippen LogP contribution >= 0.6 is 11.6 Å². The molecule has 100 valence electrons. The van der Waals surface area contributed by atoms with Crippen molar-refractivity contribution in [1.82, 2.24) is 9.78 Å². The first-order valence-electron chi connectivity index (χ1n) is 6.84. The molecule has 0 saturated carbocycles. The lowest BCUT2D eigenvalue weighted by atomic mass is 9.93. The molecule has 0 spiro atoms. The molecule has 1 aliphatic carbocycles. The van der Waals surface area contributed by atoms with Crippen LogP contribution in [0.4, 0.5) is 0 Å². The summed E-state index contributed by atoms with van der Waals surface area (Å²) in [6.07, 6.45) is 7.42. The fourth-order valence-electron chi connectivity index (χ4n) is 2.58. The molecule has 18 heavy (non-hydrogen) atoms. The maximum atomic E-state index is 6.42. The van der Waals surface area contributed by atoms with Gasteiger partial charge in [0.15, 0.2) is 0 Å². The number of aryl methyl sites for hydroxylation is 2. The number of nitrogens with zero attached hydrogens (tertiary/aromatic N) is 2. The Bertz CT molecular complexity index is 448. The van der Waals surface area contributed by atoms with Crippen LogP contribution in [0.3, 0.4) is 0 Å². The maximum Gasteiger partial charge on any atom is 0.0853 e. The zero-order valence-electron chi connectivity index (χ0n) is 11.2. The first kappa shape index (κ1) is 13.6. The fourth-order valence-corrected chi connectivity index (χ4v) is 2.92. The molecule has 1 atom stereocenters. The van der Waals surface area contributed by atoms with Crippen molar-refractivity contribution in [2.75, 3.05) is 0 Å². The minimum Gasteiger partial charge on any atom is -0.324 e. The molecule has 0 bridgehead atoms. The number of halogens is 1. The van der Waals surface area contributed by atoms with Crippen LogP contribution in [0.2, 0.25) is 5.02 Å². The molecule has 0 fully saturated rings. The van der Waals surface area contributed by atoms with Gasteiger partial charge in [-0.05, 0) is 32.6 Å². The van der Waals surface area contributed by atoms with Crippen molar-refractivity contribution in [3.63, 3.8) is 0 Å². The third-order valence-corrected chi connectivity index (χ3v) is 4.01. The maximum absolute atomic E-state index is 6.42. The van der Waals surface area contributed by atoms with Gasteiger partial charge in [-0.15, -0.1) is 0 Å². The van der Waals surface area contributed by atoms with E-state index in [-0.39, 0.29) is 6.04 Å². The van der Waals surface area contributed by atoms with Crippen LogP contribution in [0.25, 0.3) is 0 Å². The largest absolute Gasteiger partial charge is 0.324 e. The lowest BCUT2D eigenvalue weighted by Crippen LogP contribution is -2.21. The molecule has 2 rings (SSSR count). The van der Waals surface area contributed by atoms with Crippen LogP contribution in [-0.4, -0.2) is 15.8 Å². The third-order valence-electron chi connectivity index (χ3n) is 3.57. The Hall–Kier alpha value is -0.800. The first-order valence-corrected chi connectivity index (χ1v) is 7.22. The second kappa shape index (κ2) is 5.89. The van der Waals surface area contributed by atoms with E-state index in [1.165, 1.54) is 12.0 Å². The Labute approximate surface area is 114 Å². The van der Waals surface area contributed by atoms with Crippen molar-refractivity contribution in [3.8, 4) is 0 Å². The average Bonchev–Trinajstić information content (AvgIpc) is 2.66. The van der Waals surface area contributed by atoms with Gasteiger partial charge in [0, 0.05) is 19.0 Å². The van der Waals surface area contributed by atoms with E-state index in [0.717, 1.165) is 48.6 Å². The van der Waals surface area contributed by atoms with Crippen LogP contribution in [-0.2, 0) is 19.4 Å². The number of hydrogen-bond donors (Lipinski definition) is 1. The molecule has 0 aromatic carbocycles. The second-order valence-electron chi connectivity index (χ2n) is 4.93. The highest BCUT2D eigenvalue weighted by Crippen LogP contribution is 2.27. The van der Waals surface area contributed by atoms with Gasteiger partial charge in [-0.1, -0.05) is 30.2 Å². The third kappa shape index (κ3) is 2.78. The van der Waals surface area contributed by atoms with E-state index in [9.17, 15) is 0 Å². The fraction of sp³-hybridized carbons (Fsp3) is 0.643. The minimum atomic E-state index is 0.219. The summed E-state index contributed by atoms with van der Waals surface area (Å²) in [7, 11) is 0. The predicted molar refractivity (Wildman–Crippen MR) is 75.9 cm³/mol. The average molecular weight is 268 g/mol. The summed E-state index contributed by atoms with van der Waals surface area (Å²) in [5, 5.41) is 5.40. The van der Waals surface area contributed by atoms with E-state index in [4.69, 9.17) is 17.3 Å². The molecule has 1 unspecified atom stereocenters. The number of rotatable bonds is 4. The van der Waals surface area contributed by atoms with Crippen LogP contribution in [0, 0.1) is 0 Å². The van der Waals surface area contributed by atoms with Crippen molar-refractivity contribution in [1.29, 1.82) is 0 Å². The van der Waals surface area contributed by atoms with Gasteiger partial charge in [0.05, 0.1) is 16.4 Å². The van der Waals surface area contributed by atoms with E-state index in [1.807, 2.05) is 4.68 Å². The molecule has 0 amide bonds. The van der Waals surface area contributed by atoms with Gasteiger partial charge in [0.2, 0.25) is 0 Å². The molecular formula is C14H22ClN3. The smallest absolute Gasteiger partial charge is 0.0853 e. The molecule has 0 radical (unpaired) electrons. The summed E-state index contributed by atoms with van der Waals surface area (Å²) >= 11 is 6.42. The van der Waals surface area contributed by atoms with E-state index >= 15 is 0 Å². The van der Waals surface area contributed by atoms with Gasteiger partial charge in [-0.2, -0.15) is 5.10 Å². The number of allylic oxidation sites excluding steroid dienone is 1. The standard InChI is InChI=1S/C14H22ClN3/c1-3-12-14(15)13(18(4-2)17-12)9-10-6-5-7-11(16)8-10/h8,11H,3-7,9,16H2,1-2H3. The monoisotopic (exact) mass is 267 g/mol. The summed E-state index contributed by atoms with van der Waals surface area (Å²) in [5.74, 6) is 0. The molecule has 1 aromatic heterocycles. The highest BCUT2D eigenvalue weighted by Gasteiger charge is 2.17. The molecule has 0 aliphatic heterocycles. The molecular weight excluding hydrogens is 246 g/mol. The summed E-state index contributed by atoms with van der Waals surface area (Å²) < 4.78 is 2.03. The Morgan fingerprint density at radius 1 is 1.50 bits per heavy atom. The van der Waals surface area contributed by atoms with Crippen molar-refractivity contribution >= 4 is 11.6 Å². The summed E-state index contributed by atoms with van der Waals surface area (Å²) in [6.45, 7) is 5.06. The van der Waals surface area contributed by atoms with E-state index in [2.05, 4.69) is 25.0 Å². The number of hydrogen-bond acceptors (Lipinski definition) is 2. The van der Waals surface area contributed by atoms with Crippen LogP contribution in [0.5, 0.6) is 0 Å². The van der Waals surface area contributed by atoms with Gasteiger partial charge in [-0.25, -0.2) is 0 Å². The highest BCUT2D eigenvalue weighted by molar-refractivity contribution is 6.31. The number of aromatic nitrogens is 2. The lowest BCUT2D eigenvalue weighted by molar-refractivity contribution is 0.592. The minimum absolute atomic E-state index is 0.219. The van der Waals surface area contributed by atoms with Crippen molar-refractivity contribution < 1.29 is 0 Å². The lowest BCUT2D eigenvalue weighted by Gasteiger charge is -2.18. The van der Waals surface area contributed by atoms with Gasteiger partial charge in [0.1, 0.15) is 0 Å². The molecule has 3 nitrogen and oxygen atoms in total. The van der Waals surface area contributed by atoms with E-state index < -0.39 is 0 Å². The summed E-state index contributed by atoms with van der Waals surface area (Å²) in [4.78, 5) is 0. The second-order valence-corrected chi connectivity index (χ2v) is 5.31. The van der Waals surface area contributed by atoms with Gasteiger partial charge in [-0.3, -0.25) is 4.68 Å². The van der Waals surface area contributed by atoms with E-state index in [0.29, 0.717) is 0 Å². The molecule has 1 aliphatic rings. The summed E-state index contributed by atoms with van der Waals surface area (Å²) in [6, 6.07) is 0.219. The zero-order chi connectivity index (χ0) is 13.1. The Balaban J connectivity index is 2.25. The highest BCUT2D eigenvalue weighted by atomic mass is 35.5. The van der Waals surface area contributed by atoms with Gasteiger partial charge in [0.25, 0.3) is 0 Å². The molecule has 1 aromatic rings. The van der Waals surface area contributed by atoms with Crippen LogP contribution < -0.4 is 5.73 Å². The van der Waals surface area contributed by atoms with Crippen LogP contribution in [0.15, 0.2) is 11.6 Å². The van der Waals surface area contributed by atoms with Crippen LogP contribution in [0.1, 0.15) is 44.5 Å². The SMILES string of the molecule is CCc1nn(CC)c(CC2=CC(N)CCC2)c1Cl. The molecule has 4 heteroatoms. The van der Waals surface area contributed by atoms with Crippen molar-refractivity contribution in [3.05, 3.63) is 28.1 Å². The topological polar surface area (TPSA) is 43.8 Å². The van der Waals surface area contributed by atoms with Crippen molar-refractivity contribution in [2.45, 2.75) is 58.5 Å². The van der Waals surface area contributed by atoms with E-state index in [1.54, 1.807) is 0 Å². The number of nitrogens with two attached hydrogens (primary N) is 1. The first-order chi connectivity index (χ1) is 8.65. The molecule has 1 heterocycles. The van der Waals surface area contributed by atoms with Gasteiger partial charge >= 0.3 is 0 Å².